The zero-order valence-corrected chi connectivity index (χ0v) is 20.6. The summed E-state index contributed by atoms with van der Waals surface area (Å²) in [5, 5.41) is 6.44. The number of ether oxygens (including phenoxy) is 2. The van der Waals surface area contributed by atoms with Crippen LogP contribution in [0.5, 0.6) is 11.5 Å². The van der Waals surface area contributed by atoms with Crippen molar-refractivity contribution in [2.75, 3.05) is 6.61 Å². The number of nitrogens with zero attached hydrogens (tertiary/aromatic N) is 1. The minimum absolute atomic E-state index is 0.255. The normalized spacial score (nSPS) is 10.7. The Balaban J connectivity index is 1.61. The molecule has 0 bridgehead atoms. The van der Waals surface area contributed by atoms with Gasteiger partial charge in [-0.25, -0.2) is 5.43 Å². The van der Waals surface area contributed by atoms with E-state index in [-0.39, 0.29) is 6.54 Å². The van der Waals surface area contributed by atoms with Gasteiger partial charge in [-0.3, -0.25) is 9.59 Å². The summed E-state index contributed by atoms with van der Waals surface area (Å²) in [4.78, 5) is 24.0. The minimum atomic E-state index is -0.852. The first-order valence-corrected chi connectivity index (χ1v) is 11.6. The van der Waals surface area contributed by atoms with E-state index in [0.717, 1.165) is 16.7 Å². The number of halogens is 1. The quantitative estimate of drug-likeness (QED) is 0.245. The predicted molar refractivity (Wildman–Crippen MR) is 135 cm³/mol. The lowest BCUT2D eigenvalue weighted by molar-refractivity contribution is -0.139. The summed E-state index contributed by atoms with van der Waals surface area (Å²) in [6, 6.07) is 21.0. The molecule has 3 aromatic carbocycles. The maximum atomic E-state index is 12.0. The van der Waals surface area contributed by atoms with E-state index in [1.807, 2.05) is 62.4 Å². The first-order chi connectivity index (χ1) is 16.5. The molecule has 0 saturated carbocycles. The lowest BCUT2D eigenvalue weighted by Crippen LogP contribution is -2.37. The van der Waals surface area contributed by atoms with Crippen LogP contribution in [0.25, 0.3) is 0 Å². The second-order valence-electron chi connectivity index (χ2n) is 7.41. The molecule has 0 heterocycles. The van der Waals surface area contributed by atoms with Gasteiger partial charge in [0.2, 0.25) is 0 Å². The number of hydrogen-bond acceptors (Lipinski definition) is 5. The van der Waals surface area contributed by atoms with Crippen molar-refractivity contribution in [2.45, 2.75) is 27.0 Å². The molecule has 176 valence electrons. The van der Waals surface area contributed by atoms with Crippen LogP contribution in [0.1, 0.15) is 29.2 Å². The summed E-state index contributed by atoms with van der Waals surface area (Å²) >= 11 is 3.52. The van der Waals surface area contributed by atoms with Crippen LogP contribution in [0, 0.1) is 6.92 Å². The molecule has 0 aromatic heterocycles. The second kappa shape index (κ2) is 12.6. The van der Waals surface area contributed by atoms with Crippen LogP contribution in [0.2, 0.25) is 0 Å². The maximum Gasteiger partial charge on any atom is 0.329 e. The highest BCUT2D eigenvalue weighted by atomic mass is 79.9. The molecule has 0 aliphatic heterocycles. The van der Waals surface area contributed by atoms with Gasteiger partial charge in [0.25, 0.3) is 0 Å². The van der Waals surface area contributed by atoms with Crippen molar-refractivity contribution in [1.29, 1.82) is 0 Å². The van der Waals surface area contributed by atoms with Crippen molar-refractivity contribution in [3.05, 3.63) is 93.5 Å². The van der Waals surface area contributed by atoms with E-state index >= 15 is 0 Å². The Morgan fingerprint density at radius 2 is 1.74 bits per heavy atom. The summed E-state index contributed by atoms with van der Waals surface area (Å²) in [6.45, 7) is 5.01. The van der Waals surface area contributed by atoms with E-state index in [2.05, 4.69) is 37.8 Å². The van der Waals surface area contributed by atoms with Crippen LogP contribution in [-0.4, -0.2) is 24.6 Å². The molecule has 7 nitrogen and oxygen atoms in total. The van der Waals surface area contributed by atoms with E-state index < -0.39 is 11.8 Å². The van der Waals surface area contributed by atoms with Crippen LogP contribution in [0.3, 0.4) is 0 Å². The predicted octanol–water partition coefficient (Wildman–Crippen LogP) is 4.50. The molecule has 8 heteroatoms. The Kier molecular flexibility index (Phi) is 9.22. The highest BCUT2D eigenvalue weighted by molar-refractivity contribution is 9.10. The molecule has 0 aliphatic rings. The molecule has 0 spiro atoms. The number of hydrogen-bond donors (Lipinski definition) is 2. The van der Waals surface area contributed by atoms with Crippen molar-refractivity contribution in [2.24, 2.45) is 5.10 Å². The summed E-state index contributed by atoms with van der Waals surface area (Å²) < 4.78 is 12.4. The summed E-state index contributed by atoms with van der Waals surface area (Å²) in [6.07, 6.45) is 1.43. The summed E-state index contributed by atoms with van der Waals surface area (Å²) in [5.74, 6) is -0.505. The fraction of sp³-hybridized carbons (Fsp3) is 0.192. The van der Waals surface area contributed by atoms with Gasteiger partial charge in [0, 0.05) is 6.54 Å². The highest BCUT2D eigenvalue weighted by Gasteiger charge is 2.14. The van der Waals surface area contributed by atoms with Gasteiger partial charge in [0.15, 0.2) is 11.5 Å². The van der Waals surface area contributed by atoms with Gasteiger partial charge in [-0.15, -0.1) is 0 Å². The van der Waals surface area contributed by atoms with Crippen LogP contribution < -0.4 is 20.2 Å². The third-order valence-corrected chi connectivity index (χ3v) is 5.27. The molecule has 3 rings (SSSR count). The third kappa shape index (κ3) is 7.45. The Morgan fingerprint density at radius 1 is 0.971 bits per heavy atom. The average molecular weight is 524 g/mol. The number of carbonyl (C=O) groups is 2. The monoisotopic (exact) mass is 523 g/mol. The fourth-order valence-corrected chi connectivity index (χ4v) is 3.67. The van der Waals surface area contributed by atoms with Gasteiger partial charge in [-0.05, 0) is 58.6 Å². The summed E-state index contributed by atoms with van der Waals surface area (Å²) in [5.41, 5.74) is 5.99. The third-order valence-electron chi connectivity index (χ3n) is 4.68. The first kappa shape index (κ1) is 25.0. The number of hydrazone groups is 1. The van der Waals surface area contributed by atoms with E-state index in [9.17, 15) is 9.59 Å². The van der Waals surface area contributed by atoms with Crippen molar-refractivity contribution in [1.82, 2.24) is 10.7 Å². The van der Waals surface area contributed by atoms with Crippen LogP contribution >= 0.6 is 15.9 Å². The van der Waals surface area contributed by atoms with Crippen molar-refractivity contribution in [3.8, 4) is 11.5 Å². The molecular formula is C26H26BrN3O4. The van der Waals surface area contributed by atoms with Crippen molar-refractivity contribution < 1.29 is 19.1 Å². The fourth-order valence-electron chi connectivity index (χ4n) is 3.10. The zero-order valence-electron chi connectivity index (χ0n) is 19.0. The van der Waals surface area contributed by atoms with Gasteiger partial charge in [-0.2, -0.15) is 5.10 Å². The smallest absolute Gasteiger partial charge is 0.329 e. The van der Waals surface area contributed by atoms with E-state index in [1.54, 1.807) is 12.1 Å². The van der Waals surface area contributed by atoms with Crippen molar-refractivity contribution >= 4 is 34.0 Å². The Hall–Kier alpha value is -3.65. The number of benzene rings is 3. The SMILES string of the molecule is CCOc1cc(/C=N/NC(=O)C(=O)NCc2ccccc2)cc(Br)c1OCc1cccc(C)c1. The Labute approximate surface area is 207 Å². The lowest BCUT2D eigenvalue weighted by atomic mass is 10.1. The van der Waals surface area contributed by atoms with Gasteiger partial charge in [0.1, 0.15) is 6.61 Å². The van der Waals surface area contributed by atoms with Gasteiger partial charge in [0.05, 0.1) is 17.3 Å². The molecule has 0 unspecified atom stereocenters. The molecule has 0 fully saturated rings. The molecule has 34 heavy (non-hydrogen) atoms. The van der Waals surface area contributed by atoms with E-state index in [1.165, 1.54) is 6.21 Å². The molecule has 0 saturated heterocycles. The first-order valence-electron chi connectivity index (χ1n) is 10.8. The zero-order chi connectivity index (χ0) is 24.3. The van der Waals surface area contributed by atoms with Crippen LogP contribution in [0.4, 0.5) is 0 Å². The number of rotatable bonds is 9. The number of carbonyl (C=O) groups excluding carboxylic acids is 2. The lowest BCUT2D eigenvalue weighted by Gasteiger charge is -2.15. The molecule has 2 amide bonds. The van der Waals surface area contributed by atoms with Gasteiger partial charge >= 0.3 is 11.8 Å². The largest absolute Gasteiger partial charge is 0.490 e. The van der Waals surface area contributed by atoms with Crippen molar-refractivity contribution in [3.63, 3.8) is 0 Å². The molecule has 0 aliphatic carbocycles. The second-order valence-corrected chi connectivity index (χ2v) is 8.26. The standard InChI is InChI=1S/C26H26BrN3O4/c1-3-33-23-14-21(13-22(27)24(23)34-17-20-11-7-8-18(2)12-20)16-29-30-26(32)25(31)28-15-19-9-5-4-6-10-19/h4-14,16H,3,15,17H2,1-2H3,(H,28,31)(H,30,32)/b29-16+. The molecular weight excluding hydrogens is 498 g/mol. The van der Waals surface area contributed by atoms with Gasteiger partial charge in [-0.1, -0.05) is 60.2 Å². The molecule has 3 aromatic rings. The van der Waals surface area contributed by atoms with Crippen LogP contribution in [0.15, 0.2) is 76.3 Å². The van der Waals surface area contributed by atoms with E-state index in [0.29, 0.717) is 34.7 Å². The maximum absolute atomic E-state index is 12.0. The summed E-state index contributed by atoms with van der Waals surface area (Å²) in [7, 11) is 0. The highest BCUT2D eigenvalue weighted by Crippen LogP contribution is 2.37. The topological polar surface area (TPSA) is 89.0 Å². The number of amides is 2. The molecule has 0 radical (unpaired) electrons. The Morgan fingerprint density at radius 3 is 2.47 bits per heavy atom. The van der Waals surface area contributed by atoms with Gasteiger partial charge < -0.3 is 14.8 Å². The minimum Gasteiger partial charge on any atom is -0.490 e. The average Bonchev–Trinajstić information content (AvgIpc) is 2.83. The molecule has 0 atom stereocenters. The van der Waals surface area contributed by atoms with Crippen LogP contribution in [-0.2, 0) is 22.7 Å². The van der Waals surface area contributed by atoms with E-state index in [4.69, 9.17) is 9.47 Å². The number of aryl methyl sites for hydroxylation is 1. The molecule has 2 N–H and O–H groups in total. The number of nitrogens with one attached hydrogen (secondary N) is 2. The Bertz CT molecular complexity index is 1170.